The Labute approximate surface area is 122 Å². The summed E-state index contributed by atoms with van der Waals surface area (Å²) in [6.07, 6.45) is 5.44. The lowest BCUT2D eigenvalue weighted by molar-refractivity contribution is 0.481. The lowest BCUT2D eigenvalue weighted by Gasteiger charge is -2.31. The molecule has 1 aliphatic carbocycles. The first-order valence-corrected chi connectivity index (χ1v) is 8.93. The topological polar surface area (TPSA) is 63.4 Å². The normalized spacial score (nSPS) is 17.1. The molecule has 1 aromatic carbocycles. The largest absolute Gasteiger partial charge is 0.330 e. The molecule has 0 unspecified atom stereocenters. The third-order valence-electron chi connectivity index (χ3n) is 3.89. The Morgan fingerprint density at radius 2 is 1.75 bits per heavy atom. The van der Waals surface area contributed by atoms with Crippen molar-refractivity contribution in [3.8, 4) is 0 Å². The molecule has 0 amide bonds. The minimum Gasteiger partial charge on any atom is -0.330 e. The van der Waals surface area contributed by atoms with Crippen LogP contribution in [0.3, 0.4) is 0 Å². The van der Waals surface area contributed by atoms with E-state index in [2.05, 4.69) is 0 Å². The van der Waals surface area contributed by atoms with Crippen LogP contribution in [0.1, 0.15) is 38.5 Å². The highest BCUT2D eigenvalue weighted by Gasteiger charge is 2.32. The van der Waals surface area contributed by atoms with E-state index in [0.29, 0.717) is 19.5 Å². The number of nitrogens with zero attached hydrogens (tertiary/aromatic N) is 1. The number of hydrogen-bond acceptors (Lipinski definition) is 3. The average Bonchev–Trinajstić information content (AvgIpc) is 2.49. The fourth-order valence-corrected chi connectivity index (χ4v) is 4.86. The standard InChI is InChI=1S/C15H24N2O2S/c16-12-7-13-17(14-8-3-1-4-9-14)20(18,19)15-10-5-2-6-11-15/h1,3-4,8-9,15H,2,5-7,10-13,16H2. The molecule has 1 aliphatic rings. The summed E-state index contributed by atoms with van der Waals surface area (Å²) in [5.74, 6) is 0. The SMILES string of the molecule is NCCCN(c1ccccc1)S(=O)(=O)C1CCCCC1. The monoisotopic (exact) mass is 296 g/mol. The lowest BCUT2D eigenvalue weighted by Crippen LogP contribution is -2.41. The van der Waals surface area contributed by atoms with E-state index in [1.165, 1.54) is 0 Å². The van der Waals surface area contributed by atoms with Crippen molar-refractivity contribution < 1.29 is 8.42 Å². The molecular weight excluding hydrogens is 272 g/mol. The quantitative estimate of drug-likeness (QED) is 0.877. The summed E-state index contributed by atoms with van der Waals surface area (Å²) in [4.78, 5) is 0. The zero-order valence-corrected chi connectivity index (χ0v) is 12.7. The summed E-state index contributed by atoms with van der Waals surface area (Å²) in [5, 5.41) is -0.228. The van der Waals surface area contributed by atoms with Crippen molar-refractivity contribution in [1.29, 1.82) is 0 Å². The summed E-state index contributed by atoms with van der Waals surface area (Å²) >= 11 is 0. The van der Waals surface area contributed by atoms with Gasteiger partial charge in [-0.15, -0.1) is 0 Å². The van der Waals surface area contributed by atoms with Crippen LogP contribution < -0.4 is 10.0 Å². The first-order chi connectivity index (χ1) is 9.66. The van der Waals surface area contributed by atoms with Gasteiger partial charge in [0.25, 0.3) is 0 Å². The van der Waals surface area contributed by atoms with Gasteiger partial charge in [-0.1, -0.05) is 37.5 Å². The summed E-state index contributed by atoms with van der Waals surface area (Å²) in [5.41, 5.74) is 6.31. The maximum atomic E-state index is 12.9. The minimum atomic E-state index is -3.27. The molecule has 20 heavy (non-hydrogen) atoms. The highest BCUT2D eigenvalue weighted by atomic mass is 32.2. The van der Waals surface area contributed by atoms with Crippen LogP contribution in [0.4, 0.5) is 5.69 Å². The molecule has 0 bridgehead atoms. The second kappa shape index (κ2) is 7.09. The Hall–Kier alpha value is -1.07. The van der Waals surface area contributed by atoms with Gasteiger partial charge in [0.2, 0.25) is 10.0 Å². The summed E-state index contributed by atoms with van der Waals surface area (Å²) in [6, 6.07) is 9.37. The Balaban J connectivity index is 2.25. The molecular formula is C15H24N2O2S. The zero-order valence-electron chi connectivity index (χ0n) is 11.9. The molecule has 0 aromatic heterocycles. The van der Waals surface area contributed by atoms with Crippen molar-refractivity contribution in [1.82, 2.24) is 0 Å². The minimum absolute atomic E-state index is 0.228. The summed E-state index contributed by atoms with van der Waals surface area (Å²) in [6.45, 7) is 0.975. The van der Waals surface area contributed by atoms with E-state index in [9.17, 15) is 8.42 Å². The molecule has 2 rings (SSSR count). The highest BCUT2D eigenvalue weighted by Crippen LogP contribution is 2.29. The first kappa shape index (κ1) is 15.3. The summed E-state index contributed by atoms with van der Waals surface area (Å²) < 4.78 is 27.3. The van der Waals surface area contributed by atoms with Gasteiger partial charge in [0, 0.05) is 6.54 Å². The third-order valence-corrected chi connectivity index (χ3v) is 6.21. The van der Waals surface area contributed by atoms with Crippen LogP contribution in [-0.2, 0) is 10.0 Å². The van der Waals surface area contributed by atoms with Crippen LogP contribution in [-0.4, -0.2) is 26.8 Å². The predicted molar refractivity (Wildman–Crippen MR) is 83.3 cm³/mol. The van der Waals surface area contributed by atoms with E-state index in [4.69, 9.17) is 5.73 Å². The second-order valence-electron chi connectivity index (χ2n) is 5.35. The van der Waals surface area contributed by atoms with E-state index in [0.717, 1.165) is 37.8 Å². The number of nitrogens with two attached hydrogens (primary N) is 1. The second-order valence-corrected chi connectivity index (χ2v) is 7.49. The molecule has 0 aliphatic heterocycles. The predicted octanol–water partition coefficient (Wildman–Crippen LogP) is 2.50. The fourth-order valence-electron chi connectivity index (χ4n) is 2.78. The van der Waals surface area contributed by atoms with Gasteiger partial charge in [-0.3, -0.25) is 4.31 Å². The van der Waals surface area contributed by atoms with E-state index in [1.54, 1.807) is 4.31 Å². The molecule has 0 heterocycles. The molecule has 0 saturated heterocycles. The van der Waals surface area contributed by atoms with Crippen LogP contribution in [0.5, 0.6) is 0 Å². The number of para-hydroxylation sites is 1. The molecule has 1 aromatic rings. The molecule has 2 N–H and O–H groups in total. The zero-order chi connectivity index (χ0) is 14.4. The van der Waals surface area contributed by atoms with Crippen LogP contribution >= 0.6 is 0 Å². The van der Waals surface area contributed by atoms with E-state index >= 15 is 0 Å². The molecule has 0 atom stereocenters. The van der Waals surface area contributed by atoms with E-state index < -0.39 is 10.0 Å². The third kappa shape index (κ3) is 3.52. The molecule has 0 spiro atoms. The Morgan fingerprint density at radius 1 is 1.10 bits per heavy atom. The maximum Gasteiger partial charge on any atom is 0.238 e. The summed E-state index contributed by atoms with van der Waals surface area (Å²) in [7, 11) is -3.27. The van der Waals surface area contributed by atoms with E-state index in [-0.39, 0.29) is 5.25 Å². The van der Waals surface area contributed by atoms with Gasteiger partial charge in [0.15, 0.2) is 0 Å². The van der Waals surface area contributed by atoms with Gasteiger partial charge >= 0.3 is 0 Å². The van der Waals surface area contributed by atoms with Crippen molar-refractivity contribution >= 4 is 15.7 Å². The highest BCUT2D eigenvalue weighted by molar-refractivity contribution is 7.93. The fraction of sp³-hybridized carbons (Fsp3) is 0.600. The number of rotatable bonds is 6. The van der Waals surface area contributed by atoms with Crippen LogP contribution in [0.15, 0.2) is 30.3 Å². The van der Waals surface area contributed by atoms with Crippen LogP contribution in [0.25, 0.3) is 0 Å². The molecule has 5 heteroatoms. The van der Waals surface area contributed by atoms with Gasteiger partial charge in [-0.05, 0) is 37.9 Å². The van der Waals surface area contributed by atoms with Crippen molar-refractivity contribution in [2.45, 2.75) is 43.8 Å². The lowest BCUT2D eigenvalue weighted by atomic mass is 10.0. The Morgan fingerprint density at radius 3 is 2.35 bits per heavy atom. The number of anilines is 1. The van der Waals surface area contributed by atoms with Gasteiger partial charge in [0.05, 0.1) is 10.9 Å². The van der Waals surface area contributed by atoms with E-state index in [1.807, 2.05) is 30.3 Å². The number of hydrogen-bond donors (Lipinski definition) is 1. The number of sulfonamides is 1. The molecule has 0 radical (unpaired) electrons. The van der Waals surface area contributed by atoms with Gasteiger partial charge in [0.1, 0.15) is 0 Å². The van der Waals surface area contributed by atoms with Crippen molar-refractivity contribution in [2.75, 3.05) is 17.4 Å². The maximum absolute atomic E-state index is 12.9. The average molecular weight is 296 g/mol. The molecule has 1 saturated carbocycles. The van der Waals surface area contributed by atoms with Crippen LogP contribution in [0.2, 0.25) is 0 Å². The van der Waals surface area contributed by atoms with Crippen molar-refractivity contribution in [2.24, 2.45) is 5.73 Å². The molecule has 4 nitrogen and oxygen atoms in total. The molecule has 1 fully saturated rings. The number of benzene rings is 1. The van der Waals surface area contributed by atoms with Gasteiger partial charge < -0.3 is 5.73 Å². The Kier molecular flexibility index (Phi) is 5.43. The molecule has 112 valence electrons. The van der Waals surface area contributed by atoms with Crippen molar-refractivity contribution in [3.63, 3.8) is 0 Å². The van der Waals surface area contributed by atoms with Gasteiger partial charge in [-0.25, -0.2) is 8.42 Å². The smallest absolute Gasteiger partial charge is 0.238 e. The van der Waals surface area contributed by atoms with Gasteiger partial charge in [-0.2, -0.15) is 0 Å². The van der Waals surface area contributed by atoms with Crippen LogP contribution in [0, 0.1) is 0 Å². The first-order valence-electron chi connectivity index (χ1n) is 7.43. The van der Waals surface area contributed by atoms with Crippen molar-refractivity contribution in [3.05, 3.63) is 30.3 Å². The Bertz CT molecular complexity index is 496.